The fourth-order valence-corrected chi connectivity index (χ4v) is 1.84. The number of allylic oxidation sites excluding steroid dienone is 1. The van der Waals surface area contributed by atoms with Gasteiger partial charge in [0.2, 0.25) is 5.88 Å². The summed E-state index contributed by atoms with van der Waals surface area (Å²) in [7, 11) is 0. The third-order valence-corrected chi connectivity index (χ3v) is 2.96. The number of aromatic nitrogens is 1. The predicted molar refractivity (Wildman–Crippen MR) is 73.8 cm³/mol. The molecule has 3 nitrogen and oxygen atoms in total. The van der Waals surface area contributed by atoms with E-state index in [1.165, 1.54) is 18.4 Å². The number of ether oxygens (including phenoxy) is 1. The molecule has 1 aliphatic carbocycles. The molecule has 18 heavy (non-hydrogen) atoms. The Bertz CT molecular complexity index is 399. The van der Waals surface area contributed by atoms with Crippen molar-refractivity contribution in [2.75, 3.05) is 6.61 Å². The van der Waals surface area contributed by atoms with Gasteiger partial charge in [-0.2, -0.15) is 0 Å². The van der Waals surface area contributed by atoms with E-state index in [4.69, 9.17) is 4.74 Å². The fourth-order valence-electron chi connectivity index (χ4n) is 1.84. The Labute approximate surface area is 109 Å². The maximum atomic E-state index is 5.67. The molecule has 98 valence electrons. The number of unbranched alkanes of at least 4 members (excludes halogenated alkanes) is 1. The number of nitrogens with zero attached hydrogens (tertiary/aromatic N) is 1. The Morgan fingerprint density at radius 3 is 3.06 bits per heavy atom. The topological polar surface area (TPSA) is 34.1 Å². The molecule has 1 N–H and O–H groups in total. The quantitative estimate of drug-likeness (QED) is 0.565. The summed E-state index contributed by atoms with van der Waals surface area (Å²) in [5.74, 6) is 0.742. The maximum absolute atomic E-state index is 5.67. The molecule has 1 aliphatic rings. The van der Waals surface area contributed by atoms with E-state index in [-0.39, 0.29) is 0 Å². The summed E-state index contributed by atoms with van der Waals surface area (Å²) in [6, 6.07) is 4.89. The molecule has 0 radical (unpaired) electrons. The lowest BCUT2D eigenvalue weighted by Crippen LogP contribution is -2.15. The van der Waals surface area contributed by atoms with Gasteiger partial charge in [0.25, 0.3) is 0 Å². The molecule has 0 unspecified atom stereocenters. The second-order valence-corrected chi connectivity index (χ2v) is 4.89. The molecule has 1 fully saturated rings. The monoisotopic (exact) mass is 246 g/mol. The molecule has 0 bridgehead atoms. The van der Waals surface area contributed by atoms with Crippen LogP contribution >= 0.6 is 0 Å². The summed E-state index contributed by atoms with van der Waals surface area (Å²) >= 11 is 0. The zero-order valence-electron chi connectivity index (χ0n) is 11.1. The van der Waals surface area contributed by atoms with Crippen LogP contribution in [0.2, 0.25) is 0 Å². The Kier molecular flexibility index (Phi) is 4.76. The number of rotatable bonds is 8. The van der Waals surface area contributed by atoms with Gasteiger partial charge in [-0.25, -0.2) is 4.98 Å². The second kappa shape index (κ2) is 6.55. The lowest BCUT2D eigenvalue weighted by molar-refractivity contribution is 0.299. The highest BCUT2D eigenvalue weighted by Gasteiger charge is 2.20. The highest BCUT2D eigenvalue weighted by atomic mass is 16.5. The highest BCUT2D eigenvalue weighted by molar-refractivity contribution is 5.24. The van der Waals surface area contributed by atoms with Crippen molar-refractivity contribution in [3.63, 3.8) is 0 Å². The van der Waals surface area contributed by atoms with Gasteiger partial charge >= 0.3 is 0 Å². The van der Waals surface area contributed by atoms with Gasteiger partial charge in [-0.05, 0) is 44.2 Å². The first kappa shape index (κ1) is 13.1. The Morgan fingerprint density at radius 1 is 1.50 bits per heavy atom. The van der Waals surface area contributed by atoms with Gasteiger partial charge in [-0.15, -0.1) is 6.58 Å². The average Bonchev–Trinajstić information content (AvgIpc) is 3.16. The van der Waals surface area contributed by atoms with E-state index in [0.29, 0.717) is 6.61 Å². The van der Waals surface area contributed by atoms with Crippen LogP contribution in [0.15, 0.2) is 24.8 Å². The summed E-state index contributed by atoms with van der Waals surface area (Å²) in [5, 5.41) is 3.51. The molecule has 0 saturated heterocycles. The fraction of sp³-hybridized carbons (Fsp3) is 0.533. The normalized spacial score (nSPS) is 14.5. The molecule has 1 aromatic heterocycles. The third-order valence-electron chi connectivity index (χ3n) is 2.96. The van der Waals surface area contributed by atoms with Crippen LogP contribution in [0.5, 0.6) is 5.88 Å². The van der Waals surface area contributed by atoms with Gasteiger partial charge in [0.05, 0.1) is 6.61 Å². The zero-order valence-corrected chi connectivity index (χ0v) is 11.1. The SMILES string of the molecule is C=CCCCOc1cc(CNC2CC2)cc(C)n1. The van der Waals surface area contributed by atoms with Gasteiger partial charge < -0.3 is 10.1 Å². The summed E-state index contributed by atoms with van der Waals surface area (Å²) in [5.41, 5.74) is 2.27. The Hall–Kier alpha value is -1.35. The van der Waals surface area contributed by atoms with Crippen molar-refractivity contribution in [2.24, 2.45) is 0 Å². The minimum Gasteiger partial charge on any atom is -0.478 e. The first-order chi connectivity index (χ1) is 8.78. The van der Waals surface area contributed by atoms with Crippen molar-refractivity contribution < 1.29 is 4.74 Å². The summed E-state index contributed by atoms with van der Waals surface area (Å²) in [6.07, 6.45) is 6.53. The van der Waals surface area contributed by atoms with E-state index in [2.05, 4.69) is 22.9 Å². The van der Waals surface area contributed by atoms with Crippen LogP contribution in [-0.4, -0.2) is 17.6 Å². The minimum absolute atomic E-state index is 0.706. The molecule has 0 aromatic carbocycles. The Morgan fingerprint density at radius 2 is 2.33 bits per heavy atom. The van der Waals surface area contributed by atoms with Crippen LogP contribution in [0.1, 0.15) is 36.9 Å². The number of nitrogens with one attached hydrogen (secondary N) is 1. The Balaban J connectivity index is 1.85. The summed E-state index contributed by atoms with van der Waals surface area (Å²) in [6.45, 7) is 7.33. The van der Waals surface area contributed by atoms with Crippen molar-refractivity contribution >= 4 is 0 Å². The van der Waals surface area contributed by atoms with Crippen LogP contribution in [-0.2, 0) is 6.54 Å². The second-order valence-electron chi connectivity index (χ2n) is 4.89. The van der Waals surface area contributed by atoms with Gasteiger partial charge in [0.15, 0.2) is 0 Å². The zero-order chi connectivity index (χ0) is 12.8. The van der Waals surface area contributed by atoms with E-state index >= 15 is 0 Å². The van der Waals surface area contributed by atoms with Crippen LogP contribution in [0.25, 0.3) is 0 Å². The molecule has 2 rings (SSSR count). The van der Waals surface area contributed by atoms with Crippen LogP contribution in [0.4, 0.5) is 0 Å². The number of hydrogen-bond donors (Lipinski definition) is 1. The van der Waals surface area contributed by atoms with E-state index in [1.54, 1.807) is 0 Å². The standard InChI is InChI=1S/C15H22N2O/c1-3-4-5-8-18-15-10-13(9-12(2)17-15)11-16-14-6-7-14/h3,9-10,14,16H,1,4-8,11H2,2H3. The number of hydrogen-bond acceptors (Lipinski definition) is 3. The molecule has 0 spiro atoms. The van der Waals surface area contributed by atoms with Crippen molar-refractivity contribution in [3.8, 4) is 5.88 Å². The van der Waals surface area contributed by atoms with E-state index in [9.17, 15) is 0 Å². The largest absolute Gasteiger partial charge is 0.478 e. The average molecular weight is 246 g/mol. The smallest absolute Gasteiger partial charge is 0.213 e. The van der Waals surface area contributed by atoms with Gasteiger partial charge in [0.1, 0.15) is 0 Å². The van der Waals surface area contributed by atoms with Gasteiger partial charge in [-0.3, -0.25) is 0 Å². The molecule has 0 amide bonds. The van der Waals surface area contributed by atoms with Crippen molar-refractivity contribution in [3.05, 3.63) is 36.0 Å². The first-order valence-electron chi connectivity index (χ1n) is 6.72. The number of aryl methyl sites for hydroxylation is 1. The van der Waals surface area contributed by atoms with E-state index < -0.39 is 0 Å². The molecule has 1 saturated carbocycles. The van der Waals surface area contributed by atoms with Crippen molar-refractivity contribution in [1.82, 2.24) is 10.3 Å². The van der Waals surface area contributed by atoms with E-state index in [0.717, 1.165) is 37.0 Å². The van der Waals surface area contributed by atoms with Crippen LogP contribution < -0.4 is 10.1 Å². The molecule has 0 atom stereocenters. The molecule has 1 heterocycles. The molecular weight excluding hydrogens is 224 g/mol. The maximum Gasteiger partial charge on any atom is 0.213 e. The summed E-state index contributed by atoms with van der Waals surface area (Å²) in [4.78, 5) is 4.40. The summed E-state index contributed by atoms with van der Waals surface area (Å²) < 4.78 is 5.67. The molecule has 1 aromatic rings. The van der Waals surface area contributed by atoms with E-state index in [1.807, 2.05) is 19.1 Å². The van der Waals surface area contributed by atoms with Gasteiger partial charge in [-0.1, -0.05) is 6.08 Å². The van der Waals surface area contributed by atoms with Crippen molar-refractivity contribution in [1.29, 1.82) is 0 Å². The predicted octanol–water partition coefficient (Wildman–Crippen LogP) is 2.99. The van der Waals surface area contributed by atoms with Crippen LogP contribution in [0.3, 0.4) is 0 Å². The highest BCUT2D eigenvalue weighted by Crippen LogP contribution is 2.20. The third kappa shape index (κ3) is 4.49. The lowest BCUT2D eigenvalue weighted by Gasteiger charge is -2.09. The molecule has 0 aliphatic heterocycles. The first-order valence-corrected chi connectivity index (χ1v) is 6.72. The minimum atomic E-state index is 0.706. The lowest BCUT2D eigenvalue weighted by atomic mass is 10.2. The van der Waals surface area contributed by atoms with Crippen LogP contribution in [0, 0.1) is 6.92 Å². The van der Waals surface area contributed by atoms with Gasteiger partial charge in [0, 0.05) is 24.3 Å². The number of pyridine rings is 1. The molecule has 3 heteroatoms. The molecular formula is C15H22N2O. The van der Waals surface area contributed by atoms with Crippen molar-refractivity contribution in [2.45, 2.75) is 45.2 Å².